The van der Waals surface area contributed by atoms with E-state index >= 15 is 0 Å². The fourth-order valence-electron chi connectivity index (χ4n) is 3.29. The summed E-state index contributed by atoms with van der Waals surface area (Å²) in [6, 6.07) is 10.1. The summed E-state index contributed by atoms with van der Waals surface area (Å²) in [6.45, 7) is 0.388. The number of benzene rings is 1. The Morgan fingerprint density at radius 3 is 2.43 bits per heavy atom. The molecule has 0 atom stereocenters. The lowest BCUT2D eigenvalue weighted by Crippen LogP contribution is -2.54. The van der Waals surface area contributed by atoms with E-state index in [0.29, 0.717) is 13.0 Å². The van der Waals surface area contributed by atoms with Crippen LogP contribution in [-0.2, 0) is 11.2 Å². The van der Waals surface area contributed by atoms with Gasteiger partial charge in [0, 0.05) is 18.5 Å². The van der Waals surface area contributed by atoms with Gasteiger partial charge in [-0.3, -0.25) is 4.79 Å². The van der Waals surface area contributed by atoms with Gasteiger partial charge in [0.1, 0.15) is 0 Å². The molecule has 5 nitrogen and oxygen atoms in total. The van der Waals surface area contributed by atoms with E-state index in [1.807, 2.05) is 18.2 Å². The highest BCUT2D eigenvalue weighted by Crippen LogP contribution is 2.31. The molecule has 1 aromatic carbocycles. The number of hydrogen-bond donors (Lipinski definition) is 3. The molecule has 23 heavy (non-hydrogen) atoms. The van der Waals surface area contributed by atoms with Crippen molar-refractivity contribution in [2.75, 3.05) is 6.54 Å². The number of aliphatic carboxylic acids is 1. The minimum Gasteiger partial charge on any atom is -0.481 e. The molecule has 1 aliphatic carbocycles. The van der Waals surface area contributed by atoms with Crippen molar-refractivity contribution < 1.29 is 14.7 Å². The van der Waals surface area contributed by atoms with Gasteiger partial charge in [-0.25, -0.2) is 4.79 Å². The smallest absolute Gasteiger partial charge is 0.315 e. The number of carboxylic acid groups (broad SMARTS) is 1. The van der Waals surface area contributed by atoms with Gasteiger partial charge >= 0.3 is 12.0 Å². The molecule has 5 heteroatoms. The van der Waals surface area contributed by atoms with Crippen LogP contribution in [0, 0.1) is 0 Å². The number of carboxylic acids is 1. The van der Waals surface area contributed by atoms with Gasteiger partial charge in [-0.1, -0.05) is 49.6 Å². The number of amides is 2. The Morgan fingerprint density at radius 2 is 1.78 bits per heavy atom. The van der Waals surface area contributed by atoms with E-state index in [2.05, 4.69) is 22.8 Å². The van der Waals surface area contributed by atoms with E-state index < -0.39 is 5.97 Å². The molecule has 126 valence electrons. The van der Waals surface area contributed by atoms with Crippen LogP contribution in [0.4, 0.5) is 4.79 Å². The Kier molecular flexibility index (Phi) is 6.44. The van der Waals surface area contributed by atoms with Crippen LogP contribution in [0.1, 0.15) is 50.5 Å². The number of urea groups is 1. The van der Waals surface area contributed by atoms with Crippen molar-refractivity contribution in [1.29, 1.82) is 0 Å². The predicted octanol–water partition coefficient (Wildman–Crippen LogP) is 3.10. The van der Waals surface area contributed by atoms with Crippen LogP contribution in [0.2, 0.25) is 0 Å². The average Bonchev–Trinajstić information content (AvgIpc) is 2.53. The Hall–Kier alpha value is -2.04. The second kappa shape index (κ2) is 8.56. The van der Waals surface area contributed by atoms with E-state index in [4.69, 9.17) is 5.11 Å². The number of rotatable bonds is 7. The van der Waals surface area contributed by atoms with Crippen LogP contribution in [0.15, 0.2) is 30.3 Å². The van der Waals surface area contributed by atoms with Gasteiger partial charge in [0.15, 0.2) is 0 Å². The van der Waals surface area contributed by atoms with Crippen LogP contribution < -0.4 is 10.6 Å². The molecule has 0 bridgehead atoms. The van der Waals surface area contributed by atoms with Crippen molar-refractivity contribution in [1.82, 2.24) is 10.6 Å². The Balaban J connectivity index is 1.90. The van der Waals surface area contributed by atoms with E-state index in [1.54, 1.807) is 0 Å². The first kappa shape index (κ1) is 17.3. The zero-order chi connectivity index (χ0) is 16.5. The SMILES string of the molecule is O=C(O)CCCNC(=O)NC1(Cc2ccccc2)CCCCC1. The molecule has 0 aromatic heterocycles. The highest BCUT2D eigenvalue weighted by molar-refractivity contribution is 5.75. The van der Waals surface area contributed by atoms with Gasteiger partial charge in [-0.2, -0.15) is 0 Å². The Morgan fingerprint density at radius 1 is 1.09 bits per heavy atom. The van der Waals surface area contributed by atoms with E-state index in [9.17, 15) is 9.59 Å². The third kappa shape index (κ3) is 5.93. The molecule has 2 rings (SSSR count). The van der Waals surface area contributed by atoms with Crippen molar-refractivity contribution in [3.63, 3.8) is 0 Å². The third-order valence-corrected chi connectivity index (χ3v) is 4.43. The van der Waals surface area contributed by atoms with E-state index in [1.165, 1.54) is 12.0 Å². The molecular weight excluding hydrogens is 292 g/mol. The summed E-state index contributed by atoms with van der Waals surface area (Å²) >= 11 is 0. The molecule has 3 N–H and O–H groups in total. The number of hydrogen-bond acceptors (Lipinski definition) is 2. The molecule has 0 aliphatic heterocycles. The first-order valence-electron chi connectivity index (χ1n) is 8.41. The molecular formula is C18H26N2O3. The molecule has 0 saturated heterocycles. The normalized spacial score (nSPS) is 16.5. The van der Waals surface area contributed by atoms with Crippen LogP contribution in [0.3, 0.4) is 0 Å². The second-order valence-corrected chi connectivity index (χ2v) is 6.38. The van der Waals surface area contributed by atoms with Crippen LogP contribution in [0.5, 0.6) is 0 Å². The first-order valence-corrected chi connectivity index (χ1v) is 8.41. The standard InChI is InChI=1S/C18H26N2O3/c21-16(22)10-7-13-19-17(23)20-18(11-5-2-6-12-18)14-15-8-3-1-4-9-15/h1,3-4,8-9H,2,5-7,10-14H2,(H,21,22)(H2,19,20,23). The van der Waals surface area contributed by atoms with Gasteiger partial charge in [-0.15, -0.1) is 0 Å². The van der Waals surface area contributed by atoms with Crippen LogP contribution in [0.25, 0.3) is 0 Å². The second-order valence-electron chi connectivity index (χ2n) is 6.38. The zero-order valence-electron chi connectivity index (χ0n) is 13.5. The highest BCUT2D eigenvalue weighted by atomic mass is 16.4. The van der Waals surface area contributed by atoms with Gasteiger partial charge in [0.05, 0.1) is 0 Å². The van der Waals surface area contributed by atoms with E-state index in [-0.39, 0.29) is 18.0 Å². The summed E-state index contributed by atoms with van der Waals surface area (Å²) in [7, 11) is 0. The van der Waals surface area contributed by atoms with Gasteiger partial charge < -0.3 is 15.7 Å². The van der Waals surface area contributed by atoms with Crippen molar-refractivity contribution in [3.8, 4) is 0 Å². The largest absolute Gasteiger partial charge is 0.481 e. The highest BCUT2D eigenvalue weighted by Gasteiger charge is 2.33. The number of nitrogens with one attached hydrogen (secondary N) is 2. The molecule has 0 spiro atoms. The quantitative estimate of drug-likeness (QED) is 0.676. The van der Waals surface area contributed by atoms with Crippen molar-refractivity contribution in [2.45, 2.75) is 56.9 Å². The molecule has 2 amide bonds. The molecule has 1 aliphatic rings. The average molecular weight is 318 g/mol. The van der Waals surface area contributed by atoms with Crippen molar-refractivity contribution >= 4 is 12.0 Å². The topological polar surface area (TPSA) is 78.4 Å². The summed E-state index contributed by atoms with van der Waals surface area (Å²) in [5.41, 5.74) is 1.05. The van der Waals surface area contributed by atoms with Crippen LogP contribution >= 0.6 is 0 Å². The summed E-state index contributed by atoms with van der Waals surface area (Å²) in [5.74, 6) is -0.833. The zero-order valence-corrected chi connectivity index (χ0v) is 13.5. The molecule has 1 aromatic rings. The number of carbonyl (C=O) groups is 2. The molecule has 0 radical (unpaired) electrons. The minimum absolute atomic E-state index is 0.0788. The minimum atomic E-state index is -0.833. The summed E-state index contributed by atoms with van der Waals surface area (Å²) < 4.78 is 0. The number of carbonyl (C=O) groups excluding carboxylic acids is 1. The Labute approximate surface area is 137 Å². The third-order valence-electron chi connectivity index (χ3n) is 4.43. The van der Waals surface area contributed by atoms with Crippen LogP contribution in [-0.4, -0.2) is 29.2 Å². The lowest BCUT2D eigenvalue weighted by molar-refractivity contribution is -0.137. The summed E-state index contributed by atoms with van der Waals surface area (Å²) in [5, 5.41) is 14.6. The maximum absolute atomic E-state index is 12.2. The molecule has 1 saturated carbocycles. The maximum Gasteiger partial charge on any atom is 0.315 e. The van der Waals surface area contributed by atoms with Gasteiger partial charge in [0.2, 0.25) is 0 Å². The summed E-state index contributed by atoms with van der Waals surface area (Å²) in [4.78, 5) is 22.7. The van der Waals surface area contributed by atoms with Crippen molar-refractivity contribution in [3.05, 3.63) is 35.9 Å². The van der Waals surface area contributed by atoms with Crippen molar-refractivity contribution in [2.24, 2.45) is 0 Å². The molecule has 1 fully saturated rings. The van der Waals surface area contributed by atoms with Gasteiger partial charge in [-0.05, 0) is 31.2 Å². The summed E-state index contributed by atoms with van der Waals surface area (Å²) in [6.07, 6.45) is 6.84. The fraction of sp³-hybridized carbons (Fsp3) is 0.556. The van der Waals surface area contributed by atoms with E-state index in [0.717, 1.165) is 32.1 Å². The molecule has 0 heterocycles. The Bertz CT molecular complexity index is 510. The van der Waals surface area contributed by atoms with Gasteiger partial charge in [0.25, 0.3) is 0 Å². The monoisotopic (exact) mass is 318 g/mol. The lowest BCUT2D eigenvalue weighted by atomic mass is 9.77. The lowest BCUT2D eigenvalue weighted by Gasteiger charge is -2.38. The fourth-order valence-corrected chi connectivity index (χ4v) is 3.29. The predicted molar refractivity (Wildman–Crippen MR) is 89.4 cm³/mol. The first-order chi connectivity index (χ1) is 11.1. The maximum atomic E-state index is 12.2. The molecule has 0 unspecified atom stereocenters.